The molecule has 1 aliphatic heterocycles. The van der Waals surface area contributed by atoms with Gasteiger partial charge in [0.2, 0.25) is 5.91 Å². The van der Waals surface area contributed by atoms with Gasteiger partial charge in [-0.2, -0.15) is 23.5 Å². The second-order valence-electron chi connectivity index (χ2n) is 7.07. The van der Waals surface area contributed by atoms with Crippen LogP contribution in [-0.2, 0) is 17.4 Å². The van der Waals surface area contributed by atoms with Crippen LogP contribution in [0.5, 0.6) is 0 Å². The fraction of sp³-hybridized carbons (Fsp3) is 0.450. The van der Waals surface area contributed by atoms with E-state index in [-0.39, 0.29) is 18.2 Å². The average Bonchev–Trinajstić information content (AvgIpc) is 2.95. The molecule has 0 unspecified atom stereocenters. The van der Waals surface area contributed by atoms with Crippen molar-refractivity contribution in [1.29, 1.82) is 5.26 Å². The highest BCUT2D eigenvalue weighted by molar-refractivity contribution is 5.79. The van der Waals surface area contributed by atoms with Crippen molar-refractivity contribution < 1.29 is 18.0 Å². The van der Waals surface area contributed by atoms with E-state index in [9.17, 15) is 18.0 Å². The molecule has 0 radical (unpaired) electrons. The van der Waals surface area contributed by atoms with Crippen molar-refractivity contribution in [3.8, 4) is 11.8 Å². The minimum absolute atomic E-state index is 0.00354. The van der Waals surface area contributed by atoms with Crippen LogP contribution in [-0.4, -0.2) is 33.7 Å². The summed E-state index contributed by atoms with van der Waals surface area (Å²) >= 11 is 0. The standard InChI is InChI=1S/C20H21F3N4O/c1-13-18(11-19(28)26-8-6-15(12-24)7-9-26)14(2)27(25-13)17-5-3-4-16(10-17)20(21,22)23/h3-5,10,15H,6-9,11H2,1-2H3. The number of nitriles is 1. The molecule has 28 heavy (non-hydrogen) atoms. The quantitative estimate of drug-likeness (QED) is 0.801. The van der Waals surface area contributed by atoms with Crippen molar-refractivity contribution in [2.75, 3.05) is 13.1 Å². The van der Waals surface area contributed by atoms with Crippen molar-refractivity contribution in [3.05, 3.63) is 46.8 Å². The van der Waals surface area contributed by atoms with Gasteiger partial charge in [0.05, 0.1) is 29.4 Å². The number of hydrogen-bond donors (Lipinski definition) is 0. The van der Waals surface area contributed by atoms with Crippen LogP contribution in [0.4, 0.5) is 13.2 Å². The SMILES string of the molecule is Cc1nn(-c2cccc(C(F)(F)F)c2)c(C)c1CC(=O)N1CCC(C#N)CC1. The van der Waals surface area contributed by atoms with E-state index < -0.39 is 11.7 Å². The van der Waals surface area contributed by atoms with E-state index in [1.54, 1.807) is 24.8 Å². The molecule has 8 heteroatoms. The van der Waals surface area contributed by atoms with Crippen molar-refractivity contribution in [2.24, 2.45) is 5.92 Å². The number of amides is 1. The maximum Gasteiger partial charge on any atom is 0.416 e. The molecular weight excluding hydrogens is 369 g/mol. The maximum absolute atomic E-state index is 13.0. The molecule has 5 nitrogen and oxygen atoms in total. The van der Waals surface area contributed by atoms with E-state index in [1.165, 1.54) is 10.7 Å². The predicted octanol–water partition coefficient (Wildman–Crippen LogP) is 3.81. The number of benzene rings is 1. The predicted molar refractivity (Wildman–Crippen MR) is 96.7 cm³/mol. The Balaban J connectivity index is 1.81. The first-order chi connectivity index (χ1) is 13.2. The highest BCUT2D eigenvalue weighted by atomic mass is 19.4. The lowest BCUT2D eigenvalue weighted by molar-refractivity contribution is -0.137. The van der Waals surface area contributed by atoms with E-state index in [0.29, 0.717) is 43.0 Å². The molecule has 2 heterocycles. The number of aromatic nitrogens is 2. The molecule has 0 bridgehead atoms. The van der Waals surface area contributed by atoms with E-state index in [1.807, 2.05) is 0 Å². The van der Waals surface area contributed by atoms with E-state index in [4.69, 9.17) is 5.26 Å². The summed E-state index contributed by atoms with van der Waals surface area (Å²) in [5, 5.41) is 13.3. The molecular formula is C20H21F3N4O. The number of halogens is 3. The fourth-order valence-electron chi connectivity index (χ4n) is 3.52. The van der Waals surface area contributed by atoms with Gasteiger partial charge >= 0.3 is 6.18 Å². The molecule has 0 saturated carbocycles. The van der Waals surface area contributed by atoms with Gasteiger partial charge in [0.25, 0.3) is 0 Å². The van der Waals surface area contributed by atoms with Crippen LogP contribution < -0.4 is 0 Å². The molecule has 1 aliphatic rings. The van der Waals surface area contributed by atoms with Crippen molar-refractivity contribution in [2.45, 2.75) is 39.3 Å². The van der Waals surface area contributed by atoms with Gasteiger partial charge in [-0.3, -0.25) is 4.79 Å². The van der Waals surface area contributed by atoms with Crippen LogP contribution in [0.15, 0.2) is 24.3 Å². The first-order valence-corrected chi connectivity index (χ1v) is 9.11. The number of aryl methyl sites for hydroxylation is 1. The van der Waals surface area contributed by atoms with Gasteiger partial charge in [0.15, 0.2) is 0 Å². The van der Waals surface area contributed by atoms with Crippen LogP contribution in [0.25, 0.3) is 5.69 Å². The van der Waals surface area contributed by atoms with Crippen LogP contribution in [0, 0.1) is 31.1 Å². The lowest BCUT2D eigenvalue weighted by Gasteiger charge is -2.29. The van der Waals surface area contributed by atoms with E-state index in [2.05, 4.69) is 11.2 Å². The topological polar surface area (TPSA) is 61.9 Å². The normalized spacial score (nSPS) is 15.5. The number of hydrogen-bond acceptors (Lipinski definition) is 3. The third kappa shape index (κ3) is 4.03. The van der Waals surface area contributed by atoms with Crippen LogP contribution in [0.2, 0.25) is 0 Å². The van der Waals surface area contributed by atoms with E-state index >= 15 is 0 Å². The number of alkyl halides is 3. The number of nitrogens with zero attached hydrogens (tertiary/aromatic N) is 4. The third-order valence-electron chi connectivity index (χ3n) is 5.22. The van der Waals surface area contributed by atoms with Crippen LogP contribution >= 0.6 is 0 Å². The Labute approximate surface area is 161 Å². The summed E-state index contributed by atoms with van der Waals surface area (Å²) < 4.78 is 40.5. The van der Waals surface area contributed by atoms with Gasteiger partial charge in [0, 0.05) is 30.3 Å². The Hall–Kier alpha value is -2.82. The highest BCUT2D eigenvalue weighted by Crippen LogP contribution is 2.31. The number of likely N-dealkylation sites (tertiary alicyclic amines) is 1. The van der Waals surface area contributed by atoms with Gasteiger partial charge in [0.1, 0.15) is 0 Å². The number of carbonyl (C=O) groups is 1. The molecule has 3 rings (SSSR count). The number of carbonyl (C=O) groups excluding carboxylic acids is 1. The summed E-state index contributed by atoms with van der Waals surface area (Å²) in [7, 11) is 0. The fourth-order valence-corrected chi connectivity index (χ4v) is 3.52. The second kappa shape index (κ2) is 7.66. The summed E-state index contributed by atoms with van der Waals surface area (Å²) in [5.74, 6) is -0.0534. The minimum atomic E-state index is -4.43. The smallest absolute Gasteiger partial charge is 0.342 e. The lowest BCUT2D eigenvalue weighted by atomic mass is 9.98. The molecule has 1 fully saturated rings. The second-order valence-corrected chi connectivity index (χ2v) is 7.07. The van der Waals surface area contributed by atoms with Gasteiger partial charge < -0.3 is 4.90 Å². The van der Waals surface area contributed by atoms with Crippen molar-refractivity contribution in [3.63, 3.8) is 0 Å². The molecule has 1 amide bonds. The molecule has 1 aromatic heterocycles. The zero-order valence-electron chi connectivity index (χ0n) is 15.8. The number of rotatable bonds is 3. The Morgan fingerprint density at radius 1 is 1.29 bits per heavy atom. The zero-order chi connectivity index (χ0) is 20.5. The van der Waals surface area contributed by atoms with Gasteiger partial charge in [-0.15, -0.1) is 0 Å². The summed E-state index contributed by atoms with van der Waals surface area (Å²) in [6.45, 7) is 4.61. The van der Waals surface area contributed by atoms with Gasteiger partial charge in [-0.1, -0.05) is 6.07 Å². The Bertz CT molecular complexity index is 919. The molecule has 0 aliphatic carbocycles. The monoisotopic (exact) mass is 390 g/mol. The lowest BCUT2D eigenvalue weighted by Crippen LogP contribution is -2.39. The van der Waals surface area contributed by atoms with Crippen LogP contribution in [0.1, 0.15) is 35.4 Å². The first kappa shape index (κ1) is 19.9. The number of piperidine rings is 1. The molecule has 148 valence electrons. The molecule has 2 aromatic rings. The highest BCUT2D eigenvalue weighted by Gasteiger charge is 2.31. The summed E-state index contributed by atoms with van der Waals surface area (Å²) in [5.41, 5.74) is 1.57. The van der Waals surface area contributed by atoms with Gasteiger partial charge in [-0.25, -0.2) is 4.68 Å². The average molecular weight is 390 g/mol. The molecule has 0 spiro atoms. The maximum atomic E-state index is 13.0. The summed E-state index contributed by atoms with van der Waals surface area (Å²) in [6.07, 6.45) is -2.94. The molecule has 1 aromatic carbocycles. The minimum Gasteiger partial charge on any atom is -0.342 e. The Morgan fingerprint density at radius 3 is 2.57 bits per heavy atom. The summed E-state index contributed by atoms with van der Waals surface area (Å²) in [6, 6.07) is 7.22. The van der Waals surface area contributed by atoms with Crippen LogP contribution in [0.3, 0.4) is 0 Å². The Kier molecular flexibility index (Phi) is 5.45. The van der Waals surface area contributed by atoms with E-state index in [0.717, 1.165) is 17.7 Å². The van der Waals surface area contributed by atoms with Crippen molar-refractivity contribution >= 4 is 5.91 Å². The van der Waals surface area contributed by atoms with Gasteiger partial charge in [-0.05, 0) is 44.9 Å². The zero-order valence-corrected chi connectivity index (χ0v) is 15.8. The largest absolute Gasteiger partial charge is 0.416 e. The molecule has 0 N–H and O–H groups in total. The van der Waals surface area contributed by atoms with Crippen molar-refractivity contribution in [1.82, 2.24) is 14.7 Å². The summed E-state index contributed by atoms with van der Waals surface area (Å²) in [4.78, 5) is 14.4. The first-order valence-electron chi connectivity index (χ1n) is 9.11. The molecule has 1 saturated heterocycles. The Morgan fingerprint density at radius 2 is 1.96 bits per heavy atom. The third-order valence-corrected chi connectivity index (χ3v) is 5.22. The molecule has 0 atom stereocenters.